The molecule has 0 saturated carbocycles. The molecule has 0 aliphatic carbocycles. The molecule has 3 amide bonds. The second-order valence-electron chi connectivity index (χ2n) is 6.62. The molecule has 1 aliphatic heterocycles. The van der Waals surface area contributed by atoms with Crippen LogP contribution in [0.2, 0.25) is 0 Å². The molecule has 7 heteroatoms. The Morgan fingerprint density at radius 1 is 1.36 bits per heavy atom. The third-order valence-electron chi connectivity index (χ3n) is 4.03. The molecule has 1 aromatic heterocycles. The molecule has 0 fully saturated rings. The Hall–Kier alpha value is -2.83. The number of fused-ring (bicyclic) bond motifs is 1. The van der Waals surface area contributed by atoms with Crippen LogP contribution in [0.15, 0.2) is 30.6 Å². The van der Waals surface area contributed by atoms with Gasteiger partial charge in [-0.05, 0) is 30.0 Å². The van der Waals surface area contributed by atoms with E-state index in [1.54, 1.807) is 12.3 Å². The van der Waals surface area contributed by atoms with Crippen molar-refractivity contribution in [2.75, 3.05) is 10.6 Å². The molecule has 0 saturated heterocycles. The fourth-order valence-corrected chi connectivity index (χ4v) is 2.85. The van der Waals surface area contributed by atoms with Gasteiger partial charge >= 0.3 is 6.03 Å². The van der Waals surface area contributed by atoms with E-state index in [0.29, 0.717) is 24.6 Å². The highest BCUT2D eigenvalue weighted by molar-refractivity contribution is 5.96. The first-order valence-electron chi connectivity index (χ1n) is 8.49. The largest absolute Gasteiger partial charge is 0.333 e. The maximum Gasteiger partial charge on any atom is 0.319 e. The number of hydrogen-bond acceptors (Lipinski definition) is 3. The summed E-state index contributed by atoms with van der Waals surface area (Å²) < 4.78 is 2.04. The van der Waals surface area contributed by atoms with E-state index < -0.39 is 0 Å². The SMILES string of the molecule is CC(C)Cn1ccnc1CNC(=O)Nc1ccc2c(c1)NC(=O)CC2. The number of hydrogen-bond donors (Lipinski definition) is 3. The van der Waals surface area contributed by atoms with Crippen molar-refractivity contribution in [3.8, 4) is 0 Å². The predicted octanol–water partition coefficient (Wildman–Crippen LogP) is 2.75. The van der Waals surface area contributed by atoms with E-state index in [4.69, 9.17) is 0 Å². The van der Waals surface area contributed by atoms with Gasteiger partial charge in [-0.3, -0.25) is 4.79 Å². The van der Waals surface area contributed by atoms with E-state index in [1.807, 2.05) is 22.9 Å². The lowest BCUT2D eigenvalue weighted by Gasteiger charge is -2.18. The van der Waals surface area contributed by atoms with Gasteiger partial charge in [0, 0.05) is 36.7 Å². The number of nitrogens with one attached hydrogen (secondary N) is 3. The zero-order chi connectivity index (χ0) is 17.8. The zero-order valence-electron chi connectivity index (χ0n) is 14.5. The number of benzene rings is 1. The van der Waals surface area contributed by atoms with Gasteiger partial charge in [-0.25, -0.2) is 9.78 Å². The Labute approximate surface area is 146 Å². The number of aryl methyl sites for hydroxylation is 1. The van der Waals surface area contributed by atoms with Gasteiger partial charge in [-0.2, -0.15) is 0 Å². The number of rotatable bonds is 5. The lowest BCUT2D eigenvalue weighted by Crippen LogP contribution is -2.29. The molecule has 3 N–H and O–H groups in total. The highest BCUT2D eigenvalue weighted by atomic mass is 16.2. The number of amides is 3. The fourth-order valence-electron chi connectivity index (χ4n) is 2.85. The van der Waals surface area contributed by atoms with Crippen molar-refractivity contribution in [2.45, 2.75) is 39.8 Å². The average molecular weight is 341 g/mol. The van der Waals surface area contributed by atoms with Crippen LogP contribution in [0.4, 0.5) is 16.2 Å². The highest BCUT2D eigenvalue weighted by Crippen LogP contribution is 2.25. The zero-order valence-corrected chi connectivity index (χ0v) is 14.5. The van der Waals surface area contributed by atoms with Gasteiger partial charge in [0.25, 0.3) is 0 Å². The van der Waals surface area contributed by atoms with Crippen molar-refractivity contribution in [1.82, 2.24) is 14.9 Å². The smallest absolute Gasteiger partial charge is 0.319 e. The molecule has 0 unspecified atom stereocenters. The Morgan fingerprint density at radius 3 is 3.00 bits per heavy atom. The van der Waals surface area contributed by atoms with Crippen molar-refractivity contribution >= 4 is 23.3 Å². The first-order valence-corrected chi connectivity index (χ1v) is 8.49. The summed E-state index contributed by atoms with van der Waals surface area (Å²) in [6.07, 6.45) is 4.89. The van der Waals surface area contributed by atoms with Gasteiger partial charge in [-0.1, -0.05) is 19.9 Å². The highest BCUT2D eigenvalue weighted by Gasteiger charge is 2.15. The van der Waals surface area contributed by atoms with Crippen molar-refractivity contribution in [3.63, 3.8) is 0 Å². The van der Waals surface area contributed by atoms with Crippen LogP contribution >= 0.6 is 0 Å². The molecule has 2 heterocycles. The first kappa shape index (κ1) is 17.0. The normalized spacial score (nSPS) is 13.3. The molecule has 0 spiro atoms. The Morgan fingerprint density at radius 2 is 2.20 bits per heavy atom. The summed E-state index contributed by atoms with van der Waals surface area (Å²) in [5.41, 5.74) is 2.49. The topological polar surface area (TPSA) is 88.1 Å². The molecular formula is C18H23N5O2. The lowest BCUT2D eigenvalue weighted by atomic mass is 10.0. The summed E-state index contributed by atoms with van der Waals surface area (Å²) in [5.74, 6) is 1.33. The van der Waals surface area contributed by atoms with Crippen LogP contribution in [0.1, 0.15) is 31.7 Å². The minimum atomic E-state index is -0.304. The number of anilines is 2. The predicted molar refractivity (Wildman–Crippen MR) is 96.3 cm³/mol. The quantitative estimate of drug-likeness (QED) is 0.781. The summed E-state index contributed by atoms with van der Waals surface area (Å²) in [5, 5.41) is 8.44. The van der Waals surface area contributed by atoms with Crippen LogP contribution < -0.4 is 16.0 Å². The van der Waals surface area contributed by atoms with Crippen molar-refractivity contribution in [3.05, 3.63) is 42.0 Å². The number of aromatic nitrogens is 2. The van der Waals surface area contributed by atoms with Gasteiger partial charge in [0.2, 0.25) is 5.91 Å². The van der Waals surface area contributed by atoms with Crippen LogP contribution in [0.25, 0.3) is 0 Å². The molecule has 1 aliphatic rings. The summed E-state index contributed by atoms with van der Waals surface area (Å²) >= 11 is 0. The lowest BCUT2D eigenvalue weighted by molar-refractivity contribution is -0.116. The molecule has 132 valence electrons. The van der Waals surface area contributed by atoms with E-state index in [1.165, 1.54) is 0 Å². The number of nitrogens with zero attached hydrogens (tertiary/aromatic N) is 2. The second kappa shape index (κ2) is 7.38. The summed E-state index contributed by atoms with van der Waals surface area (Å²) in [6, 6.07) is 5.25. The number of carbonyl (C=O) groups is 2. The van der Waals surface area contributed by atoms with Crippen molar-refractivity contribution in [2.24, 2.45) is 5.92 Å². The molecule has 2 aromatic rings. The molecule has 0 bridgehead atoms. The molecule has 25 heavy (non-hydrogen) atoms. The van der Waals surface area contributed by atoms with Crippen LogP contribution in [-0.2, 0) is 24.3 Å². The minimum absolute atomic E-state index is 0.00564. The molecule has 0 radical (unpaired) electrons. The standard InChI is InChI=1S/C18H23N5O2/c1-12(2)11-23-8-7-19-16(23)10-20-18(25)21-14-5-3-13-4-6-17(24)22-15(13)9-14/h3,5,7-9,12H,4,6,10-11H2,1-2H3,(H,22,24)(H2,20,21,25). The van der Waals surface area contributed by atoms with E-state index in [-0.39, 0.29) is 11.9 Å². The van der Waals surface area contributed by atoms with E-state index in [2.05, 4.69) is 34.8 Å². The second-order valence-corrected chi connectivity index (χ2v) is 6.62. The Bertz CT molecular complexity index is 782. The van der Waals surface area contributed by atoms with E-state index in [0.717, 1.165) is 30.0 Å². The van der Waals surface area contributed by atoms with Crippen LogP contribution in [0.5, 0.6) is 0 Å². The van der Waals surface area contributed by atoms with Crippen molar-refractivity contribution in [1.29, 1.82) is 0 Å². The first-order chi connectivity index (χ1) is 12.0. The van der Waals surface area contributed by atoms with Crippen molar-refractivity contribution < 1.29 is 9.59 Å². The molecular weight excluding hydrogens is 318 g/mol. The third-order valence-corrected chi connectivity index (χ3v) is 4.03. The monoisotopic (exact) mass is 341 g/mol. The molecule has 3 rings (SSSR count). The maximum absolute atomic E-state index is 12.1. The van der Waals surface area contributed by atoms with Gasteiger partial charge in [0.15, 0.2) is 0 Å². The summed E-state index contributed by atoms with van der Waals surface area (Å²) in [6.45, 7) is 5.49. The Balaban J connectivity index is 1.57. The van der Waals surface area contributed by atoms with Crippen LogP contribution in [0.3, 0.4) is 0 Å². The number of carbonyl (C=O) groups excluding carboxylic acids is 2. The molecule has 1 aromatic carbocycles. The number of imidazole rings is 1. The third kappa shape index (κ3) is 4.37. The molecule has 0 atom stereocenters. The maximum atomic E-state index is 12.1. The van der Waals surface area contributed by atoms with Crippen LogP contribution in [-0.4, -0.2) is 21.5 Å². The number of urea groups is 1. The van der Waals surface area contributed by atoms with Crippen LogP contribution in [0, 0.1) is 5.92 Å². The summed E-state index contributed by atoms with van der Waals surface area (Å²) in [4.78, 5) is 27.9. The van der Waals surface area contributed by atoms with Gasteiger partial charge in [0.1, 0.15) is 5.82 Å². The average Bonchev–Trinajstić information content (AvgIpc) is 2.99. The van der Waals surface area contributed by atoms with Gasteiger partial charge in [-0.15, -0.1) is 0 Å². The Kier molecular flexibility index (Phi) is 5.02. The van der Waals surface area contributed by atoms with E-state index in [9.17, 15) is 9.59 Å². The summed E-state index contributed by atoms with van der Waals surface area (Å²) in [7, 11) is 0. The fraction of sp³-hybridized carbons (Fsp3) is 0.389. The molecule has 7 nitrogen and oxygen atoms in total. The van der Waals surface area contributed by atoms with E-state index >= 15 is 0 Å². The van der Waals surface area contributed by atoms with Gasteiger partial charge < -0.3 is 20.5 Å². The minimum Gasteiger partial charge on any atom is -0.333 e. The van der Waals surface area contributed by atoms with Gasteiger partial charge in [0.05, 0.1) is 6.54 Å².